The quantitative estimate of drug-likeness (QED) is 0.533. The van der Waals surface area contributed by atoms with Crippen LogP contribution in [0.1, 0.15) is 17.0 Å². The molecule has 0 saturated heterocycles. The van der Waals surface area contributed by atoms with Crippen LogP contribution in [0.25, 0.3) is 5.65 Å². The Bertz CT molecular complexity index is 1270. The van der Waals surface area contributed by atoms with Gasteiger partial charge in [-0.2, -0.15) is 0 Å². The Morgan fingerprint density at radius 3 is 2.72 bits per heavy atom. The Kier molecular flexibility index (Phi) is 4.59. The van der Waals surface area contributed by atoms with Gasteiger partial charge in [-0.3, -0.25) is 4.79 Å². The molecule has 29 heavy (non-hydrogen) atoms. The summed E-state index contributed by atoms with van der Waals surface area (Å²) in [7, 11) is 0. The number of benzene rings is 1. The van der Waals surface area contributed by atoms with Crippen molar-refractivity contribution in [3.63, 3.8) is 0 Å². The number of hydrogen-bond donors (Lipinski definition) is 2. The van der Waals surface area contributed by atoms with Crippen LogP contribution in [0.2, 0.25) is 0 Å². The number of amides is 1. The SMILES string of the molecule is Cc1cccc(Nc2nc(C)cc3nn(CC(=O)Nc4cc(C)on4)c(=O)n23)c1. The summed E-state index contributed by atoms with van der Waals surface area (Å²) < 4.78 is 7.33. The van der Waals surface area contributed by atoms with Crippen LogP contribution in [0, 0.1) is 20.8 Å². The molecule has 148 valence electrons. The highest BCUT2D eigenvalue weighted by molar-refractivity contribution is 5.89. The van der Waals surface area contributed by atoms with Gasteiger partial charge in [0.1, 0.15) is 12.3 Å². The van der Waals surface area contributed by atoms with E-state index in [1.165, 1.54) is 4.40 Å². The van der Waals surface area contributed by atoms with Crippen LogP contribution < -0.4 is 16.3 Å². The maximum atomic E-state index is 12.9. The molecule has 0 spiro atoms. The Morgan fingerprint density at radius 1 is 1.17 bits per heavy atom. The van der Waals surface area contributed by atoms with Crippen LogP contribution in [-0.2, 0) is 11.3 Å². The molecule has 0 atom stereocenters. The van der Waals surface area contributed by atoms with Crippen molar-refractivity contribution < 1.29 is 9.32 Å². The van der Waals surface area contributed by atoms with E-state index in [1.54, 1.807) is 19.1 Å². The van der Waals surface area contributed by atoms with E-state index in [0.717, 1.165) is 15.9 Å². The van der Waals surface area contributed by atoms with Gasteiger partial charge in [-0.1, -0.05) is 17.3 Å². The standard InChI is InChI=1S/C19H19N7O3/c1-11-5-4-6-14(7-11)21-18-20-12(2)8-16-23-25(19(28)26(16)18)10-17(27)22-15-9-13(3)29-24-15/h4-9H,10H2,1-3H3,(H,20,21)(H,22,24,27). The molecule has 0 aliphatic rings. The lowest BCUT2D eigenvalue weighted by molar-refractivity contribution is -0.117. The predicted molar refractivity (Wildman–Crippen MR) is 106 cm³/mol. The van der Waals surface area contributed by atoms with Crippen molar-refractivity contribution in [3.05, 3.63) is 63.9 Å². The van der Waals surface area contributed by atoms with Gasteiger partial charge < -0.3 is 15.2 Å². The second-order valence-corrected chi connectivity index (χ2v) is 6.72. The molecule has 1 amide bonds. The van der Waals surface area contributed by atoms with Crippen molar-refractivity contribution >= 4 is 29.0 Å². The molecule has 3 heterocycles. The topological polar surface area (TPSA) is 119 Å². The van der Waals surface area contributed by atoms with E-state index in [1.807, 2.05) is 38.1 Å². The number of nitrogens with zero attached hydrogens (tertiary/aromatic N) is 5. The van der Waals surface area contributed by atoms with Crippen LogP contribution in [-0.4, -0.2) is 30.2 Å². The van der Waals surface area contributed by atoms with Crippen molar-refractivity contribution in [1.82, 2.24) is 24.3 Å². The molecule has 2 N–H and O–H groups in total. The molecule has 10 heteroatoms. The first-order valence-electron chi connectivity index (χ1n) is 8.93. The summed E-state index contributed by atoms with van der Waals surface area (Å²) in [6.07, 6.45) is 0. The fraction of sp³-hybridized carbons (Fsp3) is 0.211. The van der Waals surface area contributed by atoms with E-state index in [2.05, 4.69) is 25.9 Å². The third-order valence-electron chi connectivity index (χ3n) is 4.16. The van der Waals surface area contributed by atoms with Crippen molar-refractivity contribution in [2.24, 2.45) is 0 Å². The Balaban J connectivity index is 1.65. The van der Waals surface area contributed by atoms with Crippen molar-refractivity contribution in [1.29, 1.82) is 0 Å². The lowest BCUT2D eigenvalue weighted by Gasteiger charge is -2.08. The molecule has 4 aromatic rings. The molecular formula is C19H19N7O3. The summed E-state index contributed by atoms with van der Waals surface area (Å²) in [6, 6.07) is 11.0. The van der Waals surface area contributed by atoms with Gasteiger partial charge in [0, 0.05) is 23.5 Å². The summed E-state index contributed by atoms with van der Waals surface area (Å²) >= 11 is 0. The minimum absolute atomic E-state index is 0.268. The predicted octanol–water partition coefficient (Wildman–Crippen LogP) is 2.19. The smallest absolute Gasteiger partial charge is 0.353 e. The van der Waals surface area contributed by atoms with E-state index in [4.69, 9.17) is 4.52 Å². The van der Waals surface area contributed by atoms with E-state index in [-0.39, 0.29) is 12.4 Å². The minimum atomic E-state index is -0.478. The van der Waals surface area contributed by atoms with Crippen molar-refractivity contribution in [2.75, 3.05) is 10.6 Å². The van der Waals surface area contributed by atoms with E-state index < -0.39 is 11.6 Å². The summed E-state index contributed by atoms with van der Waals surface area (Å²) in [5, 5.41) is 13.7. The van der Waals surface area contributed by atoms with Gasteiger partial charge in [-0.25, -0.2) is 18.9 Å². The van der Waals surface area contributed by atoms with Crippen LogP contribution in [0.3, 0.4) is 0 Å². The fourth-order valence-corrected chi connectivity index (χ4v) is 2.94. The maximum Gasteiger partial charge on any atom is 0.353 e. The van der Waals surface area contributed by atoms with Gasteiger partial charge in [-0.15, -0.1) is 5.10 Å². The largest absolute Gasteiger partial charge is 0.360 e. The van der Waals surface area contributed by atoms with E-state index in [0.29, 0.717) is 23.0 Å². The molecule has 10 nitrogen and oxygen atoms in total. The monoisotopic (exact) mass is 393 g/mol. The van der Waals surface area contributed by atoms with Crippen LogP contribution >= 0.6 is 0 Å². The van der Waals surface area contributed by atoms with Crippen molar-refractivity contribution in [2.45, 2.75) is 27.3 Å². The Morgan fingerprint density at radius 2 is 2.00 bits per heavy atom. The third kappa shape index (κ3) is 3.86. The molecule has 4 rings (SSSR count). The van der Waals surface area contributed by atoms with Crippen LogP contribution in [0.5, 0.6) is 0 Å². The molecule has 0 bridgehead atoms. The second kappa shape index (κ2) is 7.23. The highest BCUT2D eigenvalue weighted by Gasteiger charge is 2.16. The zero-order valence-corrected chi connectivity index (χ0v) is 16.1. The molecule has 0 aliphatic heterocycles. The van der Waals surface area contributed by atoms with Crippen molar-refractivity contribution in [3.8, 4) is 0 Å². The fourth-order valence-electron chi connectivity index (χ4n) is 2.94. The maximum absolute atomic E-state index is 12.9. The Labute approximate surface area is 165 Å². The van der Waals surface area contributed by atoms with Gasteiger partial charge in [-0.05, 0) is 38.5 Å². The number of anilines is 3. The molecule has 0 radical (unpaired) electrons. The van der Waals surface area contributed by atoms with Gasteiger partial charge in [0.2, 0.25) is 11.9 Å². The minimum Gasteiger partial charge on any atom is -0.360 e. The van der Waals surface area contributed by atoms with Crippen LogP contribution in [0.4, 0.5) is 17.5 Å². The highest BCUT2D eigenvalue weighted by Crippen LogP contribution is 2.17. The molecule has 0 unspecified atom stereocenters. The number of aryl methyl sites for hydroxylation is 3. The molecule has 0 aliphatic carbocycles. The average molecular weight is 393 g/mol. The molecule has 0 fully saturated rings. The molecule has 1 aromatic carbocycles. The summed E-state index contributed by atoms with van der Waals surface area (Å²) in [6.45, 7) is 5.23. The number of rotatable bonds is 5. The summed E-state index contributed by atoms with van der Waals surface area (Å²) in [4.78, 5) is 29.6. The molecule has 3 aromatic heterocycles. The summed E-state index contributed by atoms with van der Waals surface area (Å²) in [5.41, 5.74) is 2.47. The first-order valence-corrected chi connectivity index (χ1v) is 8.93. The lowest BCUT2D eigenvalue weighted by atomic mass is 10.2. The van der Waals surface area contributed by atoms with E-state index >= 15 is 0 Å². The van der Waals surface area contributed by atoms with Crippen LogP contribution in [0.15, 0.2) is 45.7 Å². The van der Waals surface area contributed by atoms with Gasteiger partial charge >= 0.3 is 5.69 Å². The third-order valence-corrected chi connectivity index (χ3v) is 4.16. The number of fused-ring (bicyclic) bond motifs is 1. The Hall–Kier alpha value is -3.95. The normalized spacial score (nSPS) is 11.0. The first kappa shape index (κ1) is 18.4. The van der Waals surface area contributed by atoms with E-state index in [9.17, 15) is 9.59 Å². The number of hydrogen-bond acceptors (Lipinski definition) is 7. The zero-order valence-electron chi connectivity index (χ0n) is 16.1. The number of aromatic nitrogens is 5. The zero-order chi connectivity index (χ0) is 20.5. The summed E-state index contributed by atoms with van der Waals surface area (Å²) in [5.74, 6) is 0.735. The second-order valence-electron chi connectivity index (χ2n) is 6.72. The number of nitrogens with one attached hydrogen (secondary N) is 2. The highest BCUT2D eigenvalue weighted by atomic mass is 16.5. The molecular weight excluding hydrogens is 374 g/mol. The average Bonchev–Trinajstić information content (AvgIpc) is 3.18. The first-order chi connectivity index (χ1) is 13.9. The number of carbonyl (C=O) groups is 1. The lowest BCUT2D eigenvalue weighted by Crippen LogP contribution is -2.29. The molecule has 0 saturated carbocycles. The van der Waals surface area contributed by atoms with Gasteiger partial charge in [0.25, 0.3) is 0 Å². The number of carbonyl (C=O) groups excluding carboxylic acids is 1. The van der Waals surface area contributed by atoms with Gasteiger partial charge in [0.05, 0.1) is 0 Å². The van der Waals surface area contributed by atoms with Gasteiger partial charge in [0.15, 0.2) is 11.5 Å².